The van der Waals surface area contributed by atoms with Crippen LogP contribution in [0.3, 0.4) is 0 Å². The van der Waals surface area contributed by atoms with Gasteiger partial charge in [0.05, 0.1) is 5.56 Å². The third-order valence-electron chi connectivity index (χ3n) is 5.36. The number of benzene rings is 2. The first-order chi connectivity index (χ1) is 17.7. The number of rotatable bonds is 9. The van der Waals surface area contributed by atoms with Crippen molar-refractivity contribution in [3.05, 3.63) is 59.7 Å². The molecule has 3 N–H and O–H groups in total. The van der Waals surface area contributed by atoms with E-state index in [1.54, 1.807) is 0 Å². The highest BCUT2D eigenvalue weighted by Gasteiger charge is 2.30. The van der Waals surface area contributed by atoms with Gasteiger partial charge in [-0.15, -0.1) is 0 Å². The van der Waals surface area contributed by atoms with Gasteiger partial charge in [-0.2, -0.15) is 13.2 Å². The Morgan fingerprint density at radius 3 is 1.92 bits per heavy atom. The minimum absolute atomic E-state index is 0. The summed E-state index contributed by atoms with van der Waals surface area (Å²) in [6, 6.07) is 12.4. The molecule has 0 bridgehead atoms. The van der Waals surface area contributed by atoms with Crippen molar-refractivity contribution in [2.75, 3.05) is 13.2 Å². The van der Waals surface area contributed by atoms with Crippen molar-refractivity contribution in [1.29, 1.82) is 0 Å². The molecule has 9 heteroatoms. The molecule has 6 nitrogen and oxygen atoms in total. The van der Waals surface area contributed by atoms with E-state index in [2.05, 4.69) is 24.4 Å². The first-order valence-corrected chi connectivity index (χ1v) is 12.8. The Balaban J connectivity index is 0. The lowest BCUT2D eigenvalue weighted by Crippen LogP contribution is -2.38. The number of aryl methyl sites for hydroxylation is 1. The zero-order valence-electron chi connectivity index (χ0n) is 21.9. The van der Waals surface area contributed by atoms with E-state index in [1.807, 2.05) is 26.0 Å². The normalized spacial score (nSPS) is 13.2. The van der Waals surface area contributed by atoms with Crippen LogP contribution in [0.15, 0.2) is 48.5 Å². The van der Waals surface area contributed by atoms with Gasteiger partial charge in [-0.25, -0.2) is 0 Å². The van der Waals surface area contributed by atoms with Crippen molar-refractivity contribution >= 4 is 11.8 Å². The molecule has 0 atom stereocenters. The van der Waals surface area contributed by atoms with Crippen LogP contribution in [-0.2, 0) is 22.2 Å². The Morgan fingerprint density at radius 2 is 1.43 bits per heavy atom. The molecule has 2 aromatic carbocycles. The highest BCUT2D eigenvalue weighted by atomic mass is 19.4. The van der Waals surface area contributed by atoms with Crippen LogP contribution >= 0.6 is 0 Å². The first-order valence-electron chi connectivity index (χ1n) is 12.8. The van der Waals surface area contributed by atoms with Gasteiger partial charge in [0.25, 0.3) is 11.8 Å². The summed E-state index contributed by atoms with van der Waals surface area (Å²) < 4.78 is 46.7. The smallest absolute Gasteiger partial charge is 0.416 e. The Morgan fingerprint density at radius 1 is 0.919 bits per heavy atom. The average molecular weight is 529 g/mol. The summed E-state index contributed by atoms with van der Waals surface area (Å²) >= 11 is 0. The Labute approximate surface area is 220 Å². The van der Waals surface area contributed by atoms with Crippen LogP contribution in [0.1, 0.15) is 73.3 Å². The molecule has 0 aliphatic heterocycles. The third-order valence-corrected chi connectivity index (χ3v) is 5.36. The third kappa shape index (κ3) is 13.6. The van der Waals surface area contributed by atoms with Crippen molar-refractivity contribution < 1.29 is 35.1 Å². The molecule has 37 heavy (non-hydrogen) atoms. The largest absolute Gasteiger partial charge is 0.484 e. The number of nitrogens with one attached hydrogen (secondary N) is 1. The minimum Gasteiger partial charge on any atom is -0.484 e. The van der Waals surface area contributed by atoms with Gasteiger partial charge >= 0.3 is 6.18 Å². The van der Waals surface area contributed by atoms with Gasteiger partial charge in [0, 0.05) is 8.90 Å². The second-order valence-corrected chi connectivity index (χ2v) is 8.36. The van der Waals surface area contributed by atoms with Crippen LogP contribution in [0.2, 0.25) is 0 Å². The molecule has 1 aliphatic carbocycles. The second-order valence-electron chi connectivity index (χ2n) is 8.36. The standard InChI is InChI=1S/C17H25NO2.C9H8F3NO2.C2H6.2H2/c1-2-6-14-9-11-16(12-10-14)20-13-17(19)18-15-7-4-3-5-8-15;10-9(11,12)6-1-3-7(4-2-6)15-5-8(13)14;1-2;;/h9-12,15H,2-8,13H2,1H3,(H,18,19);1-4H,5H2,(H2,13,14);1-2H3;2*1H. The zero-order valence-corrected chi connectivity index (χ0v) is 21.9. The summed E-state index contributed by atoms with van der Waals surface area (Å²) in [5, 5.41) is 3.06. The van der Waals surface area contributed by atoms with Gasteiger partial charge in [0.1, 0.15) is 11.5 Å². The summed E-state index contributed by atoms with van der Waals surface area (Å²) in [5.74, 6) is 0.245. The quantitative estimate of drug-likeness (QED) is 0.386. The first kappa shape index (κ1) is 31.8. The maximum atomic E-state index is 12.1. The summed E-state index contributed by atoms with van der Waals surface area (Å²) in [6.45, 7) is 5.93. The van der Waals surface area contributed by atoms with Gasteiger partial charge in [-0.05, 0) is 61.2 Å². The monoisotopic (exact) mass is 528 g/mol. The molecule has 210 valence electrons. The lowest BCUT2D eigenvalue weighted by Gasteiger charge is -2.22. The number of hydrogen-bond donors (Lipinski definition) is 2. The number of ether oxygens (including phenoxy) is 2. The molecule has 2 aromatic rings. The molecular weight excluding hydrogens is 485 g/mol. The van der Waals surface area contributed by atoms with E-state index < -0.39 is 17.6 Å². The van der Waals surface area contributed by atoms with E-state index in [-0.39, 0.29) is 27.7 Å². The molecule has 1 fully saturated rings. The van der Waals surface area contributed by atoms with Gasteiger partial charge in [0.15, 0.2) is 13.2 Å². The molecule has 0 saturated heterocycles. The van der Waals surface area contributed by atoms with E-state index in [4.69, 9.17) is 15.2 Å². The lowest BCUT2D eigenvalue weighted by molar-refractivity contribution is -0.137. The summed E-state index contributed by atoms with van der Waals surface area (Å²) in [6.07, 6.45) is 3.83. The molecular formula is C28H43F3N2O4. The van der Waals surface area contributed by atoms with Crippen molar-refractivity contribution in [3.8, 4) is 11.5 Å². The van der Waals surface area contributed by atoms with Gasteiger partial charge in [-0.1, -0.05) is 58.6 Å². The summed E-state index contributed by atoms with van der Waals surface area (Å²) in [5.41, 5.74) is 5.34. The van der Waals surface area contributed by atoms with Crippen molar-refractivity contribution in [2.45, 2.75) is 77.9 Å². The van der Waals surface area contributed by atoms with E-state index in [9.17, 15) is 22.8 Å². The van der Waals surface area contributed by atoms with Crippen LogP contribution in [0, 0.1) is 0 Å². The average Bonchev–Trinajstić information content (AvgIpc) is 2.89. The van der Waals surface area contributed by atoms with Crippen LogP contribution in [0.25, 0.3) is 0 Å². The van der Waals surface area contributed by atoms with Crippen LogP contribution in [0.4, 0.5) is 13.2 Å². The number of nitrogens with two attached hydrogens (primary N) is 1. The highest BCUT2D eigenvalue weighted by molar-refractivity contribution is 5.77. The summed E-state index contributed by atoms with van der Waals surface area (Å²) in [7, 11) is 0. The number of hydrogen-bond acceptors (Lipinski definition) is 4. The molecule has 0 heterocycles. The van der Waals surface area contributed by atoms with Crippen LogP contribution in [-0.4, -0.2) is 31.1 Å². The van der Waals surface area contributed by atoms with Gasteiger partial charge in [-0.3, -0.25) is 9.59 Å². The van der Waals surface area contributed by atoms with E-state index in [0.717, 1.165) is 55.7 Å². The fraction of sp³-hybridized carbons (Fsp3) is 0.500. The predicted octanol–water partition coefficient (Wildman–Crippen LogP) is 6.55. The van der Waals surface area contributed by atoms with E-state index >= 15 is 0 Å². The van der Waals surface area contributed by atoms with Crippen LogP contribution < -0.4 is 20.5 Å². The predicted molar refractivity (Wildman–Crippen MR) is 143 cm³/mol. The van der Waals surface area contributed by atoms with E-state index in [0.29, 0.717) is 6.04 Å². The van der Waals surface area contributed by atoms with Gasteiger partial charge < -0.3 is 20.5 Å². The van der Waals surface area contributed by atoms with Crippen molar-refractivity contribution in [2.24, 2.45) is 5.73 Å². The molecule has 3 rings (SSSR count). The molecule has 1 aliphatic rings. The lowest BCUT2D eigenvalue weighted by atomic mass is 9.95. The number of alkyl halides is 3. The molecule has 0 spiro atoms. The number of carbonyl (C=O) groups is 2. The Hall–Kier alpha value is -3.23. The molecule has 0 radical (unpaired) electrons. The zero-order chi connectivity index (χ0) is 27.7. The highest BCUT2D eigenvalue weighted by Crippen LogP contribution is 2.30. The van der Waals surface area contributed by atoms with Crippen LogP contribution in [0.5, 0.6) is 11.5 Å². The van der Waals surface area contributed by atoms with Gasteiger partial charge in [0.2, 0.25) is 0 Å². The number of halogens is 3. The maximum absolute atomic E-state index is 12.1. The topological polar surface area (TPSA) is 90.6 Å². The van der Waals surface area contributed by atoms with Crippen molar-refractivity contribution in [3.63, 3.8) is 0 Å². The Bertz CT molecular complexity index is 922. The Kier molecular flexibility index (Phi) is 14.8. The summed E-state index contributed by atoms with van der Waals surface area (Å²) in [4.78, 5) is 22.1. The molecule has 1 saturated carbocycles. The number of primary amides is 1. The number of carbonyl (C=O) groups excluding carboxylic acids is 2. The fourth-order valence-corrected chi connectivity index (χ4v) is 3.60. The van der Waals surface area contributed by atoms with Crippen molar-refractivity contribution in [1.82, 2.24) is 5.32 Å². The number of amides is 2. The minimum atomic E-state index is -4.37. The SMILES string of the molecule is CC.CCCc1ccc(OCC(=O)NC2CCCCC2)cc1.NC(=O)COc1ccc(C(F)(F)F)cc1.[HH].[HH]. The fourth-order valence-electron chi connectivity index (χ4n) is 3.60. The molecule has 0 unspecified atom stereocenters. The second kappa shape index (κ2) is 17.3. The van der Waals surface area contributed by atoms with E-state index in [1.165, 1.54) is 24.8 Å². The maximum Gasteiger partial charge on any atom is 0.416 e. The molecule has 2 amide bonds. The molecule has 0 aromatic heterocycles.